The van der Waals surface area contributed by atoms with Crippen LogP contribution >= 0.6 is 0 Å². The molecule has 1 rings (SSSR count). The fourth-order valence-electron chi connectivity index (χ4n) is 0.860. The quantitative estimate of drug-likeness (QED) is 0.533. The molecule has 50 valence electrons. The first kappa shape index (κ1) is 6.13. The molecule has 0 saturated heterocycles. The molecule has 0 amide bonds. The predicted molar refractivity (Wildman–Crippen MR) is 34.5 cm³/mol. The minimum Gasteiger partial charge on any atom is -0.364 e. The number of likely N-dealkylation sites (N-methyl/N-ethyl adjacent to an activating group) is 1. The molecule has 3 nitrogen and oxygen atoms in total. The fraction of sp³-hybridized carbons (Fsp3) is 0.500. The van der Waals surface area contributed by atoms with Gasteiger partial charge in [-0.05, 0) is 6.92 Å². The van der Waals surface area contributed by atoms with Crippen LogP contribution < -0.4 is 5.32 Å². The molecular weight excluding hydrogens is 116 g/mol. The van der Waals surface area contributed by atoms with E-state index in [0.717, 1.165) is 0 Å². The largest absolute Gasteiger partial charge is 0.364 e. The molecule has 0 aliphatic carbocycles. The van der Waals surface area contributed by atoms with Gasteiger partial charge in [0.05, 0.1) is 0 Å². The minimum absolute atomic E-state index is 0.134. The third-order valence-electron chi connectivity index (χ3n) is 1.36. The molecule has 1 aliphatic rings. The summed E-state index contributed by atoms with van der Waals surface area (Å²) < 4.78 is 0. The van der Waals surface area contributed by atoms with E-state index in [-0.39, 0.29) is 11.9 Å². The van der Waals surface area contributed by atoms with Gasteiger partial charge in [0.25, 0.3) is 0 Å². The monoisotopic (exact) mass is 126 g/mol. The Balaban J connectivity index is 2.55. The van der Waals surface area contributed by atoms with Crippen LogP contribution in [-0.4, -0.2) is 23.9 Å². The number of Topliss-reactive ketones (excluding diaryl/α,β-unsaturated/α-hetero) is 1. The van der Waals surface area contributed by atoms with Gasteiger partial charge in [-0.25, -0.2) is 0 Å². The summed E-state index contributed by atoms with van der Waals surface area (Å²) >= 11 is 0. The van der Waals surface area contributed by atoms with Crippen LogP contribution in [0.2, 0.25) is 0 Å². The number of ketones is 1. The molecule has 0 saturated carbocycles. The normalized spacial score (nSPS) is 24.2. The summed E-state index contributed by atoms with van der Waals surface area (Å²) in [4.78, 5) is 12.5. The second-order valence-corrected chi connectivity index (χ2v) is 2.16. The van der Waals surface area contributed by atoms with Crippen LogP contribution in [0.25, 0.3) is 0 Å². The first-order chi connectivity index (χ1) is 4.22. The zero-order valence-electron chi connectivity index (χ0n) is 5.59. The zero-order chi connectivity index (χ0) is 6.85. The predicted octanol–water partition coefficient (Wildman–Crippen LogP) is -0.0923. The van der Waals surface area contributed by atoms with Gasteiger partial charge in [0.2, 0.25) is 0 Å². The number of carbonyl (C=O) groups is 1. The SMILES string of the molecule is CC(=O)C1NC=CN1C. The van der Waals surface area contributed by atoms with E-state index in [1.54, 1.807) is 13.1 Å². The lowest BCUT2D eigenvalue weighted by Gasteiger charge is -2.16. The van der Waals surface area contributed by atoms with E-state index in [9.17, 15) is 4.79 Å². The number of carbonyl (C=O) groups excluding carboxylic acids is 1. The van der Waals surface area contributed by atoms with E-state index < -0.39 is 0 Å². The van der Waals surface area contributed by atoms with Crippen LogP contribution in [0.3, 0.4) is 0 Å². The molecule has 1 unspecified atom stereocenters. The first-order valence-electron chi connectivity index (χ1n) is 2.87. The molecule has 0 fully saturated rings. The Hall–Kier alpha value is -0.990. The van der Waals surface area contributed by atoms with Crippen LogP contribution in [-0.2, 0) is 4.79 Å². The Morgan fingerprint density at radius 1 is 1.78 bits per heavy atom. The molecule has 0 radical (unpaired) electrons. The van der Waals surface area contributed by atoms with Crippen LogP contribution in [0.1, 0.15) is 6.92 Å². The number of nitrogens with zero attached hydrogens (tertiary/aromatic N) is 1. The number of rotatable bonds is 1. The summed E-state index contributed by atoms with van der Waals surface area (Å²) in [7, 11) is 1.86. The van der Waals surface area contributed by atoms with Crippen LogP contribution in [0, 0.1) is 0 Å². The van der Waals surface area contributed by atoms with Crippen molar-refractivity contribution in [2.75, 3.05) is 7.05 Å². The average molecular weight is 126 g/mol. The van der Waals surface area contributed by atoms with Crippen molar-refractivity contribution in [3.63, 3.8) is 0 Å². The maximum atomic E-state index is 10.7. The lowest BCUT2D eigenvalue weighted by atomic mass is 10.3. The molecular formula is C6H10N2O. The molecule has 0 aromatic heterocycles. The van der Waals surface area contributed by atoms with E-state index in [4.69, 9.17) is 0 Å². The van der Waals surface area contributed by atoms with Crippen LogP contribution in [0.4, 0.5) is 0 Å². The average Bonchev–Trinajstić information content (AvgIpc) is 2.13. The number of hydrogen-bond donors (Lipinski definition) is 1. The molecule has 9 heavy (non-hydrogen) atoms. The lowest BCUT2D eigenvalue weighted by Crippen LogP contribution is -2.38. The summed E-state index contributed by atoms with van der Waals surface area (Å²) in [5.74, 6) is 0.141. The Kier molecular flexibility index (Phi) is 1.42. The standard InChI is InChI=1S/C6H10N2O/c1-5(9)6-7-3-4-8(6)2/h3-4,6-7H,1-2H3. The lowest BCUT2D eigenvalue weighted by molar-refractivity contribution is -0.121. The van der Waals surface area contributed by atoms with Crippen molar-refractivity contribution in [2.45, 2.75) is 13.1 Å². The molecule has 1 aliphatic heterocycles. The molecule has 0 spiro atoms. The summed E-state index contributed by atoms with van der Waals surface area (Å²) in [5.41, 5.74) is 0. The number of hydrogen-bond acceptors (Lipinski definition) is 3. The van der Waals surface area contributed by atoms with Crippen LogP contribution in [0.5, 0.6) is 0 Å². The molecule has 0 bridgehead atoms. The summed E-state index contributed by atoms with van der Waals surface area (Å²) in [6, 6.07) is 0. The van der Waals surface area contributed by atoms with Gasteiger partial charge in [-0.15, -0.1) is 0 Å². The van der Waals surface area contributed by atoms with E-state index >= 15 is 0 Å². The highest BCUT2D eigenvalue weighted by Gasteiger charge is 2.18. The van der Waals surface area contributed by atoms with Gasteiger partial charge >= 0.3 is 0 Å². The van der Waals surface area contributed by atoms with Gasteiger partial charge in [0.15, 0.2) is 11.9 Å². The van der Waals surface area contributed by atoms with Gasteiger partial charge in [-0.1, -0.05) is 0 Å². The summed E-state index contributed by atoms with van der Waals surface area (Å²) in [6.07, 6.45) is 3.47. The summed E-state index contributed by atoms with van der Waals surface area (Å²) in [5, 5.41) is 2.90. The van der Waals surface area contributed by atoms with Gasteiger partial charge in [0, 0.05) is 19.4 Å². The second-order valence-electron chi connectivity index (χ2n) is 2.16. The highest BCUT2D eigenvalue weighted by Crippen LogP contribution is 2.00. The number of nitrogens with one attached hydrogen (secondary N) is 1. The summed E-state index contributed by atoms with van der Waals surface area (Å²) in [6.45, 7) is 1.57. The van der Waals surface area contributed by atoms with E-state index in [1.165, 1.54) is 0 Å². The van der Waals surface area contributed by atoms with Crippen molar-refractivity contribution < 1.29 is 4.79 Å². The Bertz CT molecular complexity index is 153. The van der Waals surface area contributed by atoms with Crippen molar-refractivity contribution in [1.29, 1.82) is 0 Å². The smallest absolute Gasteiger partial charge is 0.172 e. The van der Waals surface area contributed by atoms with Gasteiger partial charge < -0.3 is 10.2 Å². The maximum absolute atomic E-state index is 10.7. The molecule has 1 heterocycles. The van der Waals surface area contributed by atoms with Crippen molar-refractivity contribution in [1.82, 2.24) is 10.2 Å². The van der Waals surface area contributed by atoms with Gasteiger partial charge in [-0.2, -0.15) is 0 Å². The topological polar surface area (TPSA) is 32.3 Å². The first-order valence-corrected chi connectivity index (χ1v) is 2.87. The molecule has 3 heteroatoms. The highest BCUT2D eigenvalue weighted by molar-refractivity contribution is 5.81. The minimum atomic E-state index is -0.134. The van der Waals surface area contributed by atoms with E-state index in [1.807, 2.05) is 18.1 Å². The molecule has 1 N–H and O–H groups in total. The van der Waals surface area contributed by atoms with Crippen molar-refractivity contribution in [3.8, 4) is 0 Å². The van der Waals surface area contributed by atoms with Crippen LogP contribution in [0.15, 0.2) is 12.4 Å². The zero-order valence-corrected chi connectivity index (χ0v) is 5.59. The Labute approximate surface area is 54.3 Å². The highest BCUT2D eigenvalue weighted by atomic mass is 16.1. The van der Waals surface area contributed by atoms with Crippen molar-refractivity contribution in [2.24, 2.45) is 0 Å². The van der Waals surface area contributed by atoms with Crippen molar-refractivity contribution >= 4 is 5.78 Å². The van der Waals surface area contributed by atoms with Crippen molar-refractivity contribution in [3.05, 3.63) is 12.4 Å². The van der Waals surface area contributed by atoms with Gasteiger partial charge in [0.1, 0.15) is 0 Å². The maximum Gasteiger partial charge on any atom is 0.172 e. The van der Waals surface area contributed by atoms with Gasteiger partial charge in [-0.3, -0.25) is 4.79 Å². The van der Waals surface area contributed by atoms with E-state index in [2.05, 4.69) is 5.32 Å². The molecule has 1 atom stereocenters. The Morgan fingerprint density at radius 2 is 2.44 bits per heavy atom. The molecule has 0 aromatic rings. The van der Waals surface area contributed by atoms with E-state index in [0.29, 0.717) is 0 Å². The second kappa shape index (κ2) is 2.09. The third-order valence-corrected chi connectivity index (χ3v) is 1.36. The fourth-order valence-corrected chi connectivity index (χ4v) is 0.860. The third kappa shape index (κ3) is 1.04. The Morgan fingerprint density at radius 3 is 2.67 bits per heavy atom. The molecule has 0 aromatic carbocycles.